The average molecular weight is 289 g/mol. The summed E-state index contributed by atoms with van der Waals surface area (Å²) in [5, 5.41) is 5.53. The van der Waals surface area contributed by atoms with E-state index in [-0.39, 0.29) is 0 Å². The Labute approximate surface area is 125 Å². The summed E-state index contributed by atoms with van der Waals surface area (Å²) >= 11 is 1.82. The van der Waals surface area contributed by atoms with Crippen molar-refractivity contribution in [1.82, 2.24) is 5.32 Å². The van der Waals surface area contributed by atoms with Gasteiger partial charge in [-0.1, -0.05) is 32.0 Å². The number of rotatable bonds is 8. The molecular weight excluding hydrogens is 266 g/mol. The highest BCUT2D eigenvalue weighted by atomic mass is 32.1. The van der Waals surface area contributed by atoms with Crippen LogP contribution in [0.4, 0.5) is 0 Å². The first-order chi connectivity index (χ1) is 9.75. The van der Waals surface area contributed by atoms with Crippen LogP contribution < -0.4 is 10.1 Å². The summed E-state index contributed by atoms with van der Waals surface area (Å²) in [6.07, 6.45) is 1.10. The topological polar surface area (TPSA) is 21.3 Å². The van der Waals surface area contributed by atoms with Crippen molar-refractivity contribution in [2.75, 3.05) is 19.7 Å². The quantitative estimate of drug-likeness (QED) is 0.739. The van der Waals surface area contributed by atoms with Crippen LogP contribution in [0.25, 0.3) is 0 Å². The zero-order valence-electron chi connectivity index (χ0n) is 12.3. The third-order valence-electron chi connectivity index (χ3n) is 3.22. The Hall–Kier alpha value is -1.32. The molecule has 0 amide bonds. The molecule has 0 aliphatic rings. The summed E-state index contributed by atoms with van der Waals surface area (Å²) in [5.41, 5.74) is 1.35. The molecule has 0 fully saturated rings. The monoisotopic (exact) mass is 289 g/mol. The number of benzene rings is 1. The van der Waals surface area contributed by atoms with Crippen LogP contribution in [0, 0.1) is 0 Å². The molecule has 20 heavy (non-hydrogen) atoms. The fourth-order valence-corrected chi connectivity index (χ4v) is 2.69. The second-order valence-corrected chi connectivity index (χ2v) is 6.18. The van der Waals surface area contributed by atoms with Gasteiger partial charge in [-0.15, -0.1) is 11.3 Å². The molecule has 2 nitrogen and oxygen atoms in total. The van der Waals surface area contributed by atoms with Gasteiger partial charge in [-0.3, -0.25) is 0 Å². The molecule has 0 aliphatic heterocycles. The predicted molar refractivity (Wildman–Crippen MR) is 86.9 cm³/mol. The van der Waals surface area contributed by atoms with Crippen molar-refractivity contribution in [3.05, 3.63) is 52.2 Å². The summed E-state index contributed by atoms with van der Waals surface area (Å²) < 4.78 is 5.72. The van der Waals surface area contributed by atoms with Gasteiger partial charge in [-0.05, 0) is 41.5 Å². The highest BCUT2D eigenvalue weighted by Gasteiger charge is 1.99. The van der Waals surface area contributed by atoms with Crippen LogP contribution >= 0.6 is 11.3 Å². The second kappa shape index (κ2) is 8.08. The number of ether oxygens (including phenoxy) is 1. The van der Waals surface area contributed by atoms with Crippen LogP contribution in [0.3, 0.4) is 0 Å². The molecule has 0 unspecified atom stereocenters. The van der Waals surface area contributed by atoms with E-state index in [2.05, 4.69) is 60.9 Å². The maximum absolute atomic E-state index is 5.72. The molecule has 1 aromatic heterocycles. The highest BCUT2D eigenvalue weighted by molar-refractivity contribution is 7.09. The number of thiophene rings is 1. The van der Waals surface area contributed by atoms with Crippen molar-refractivity contribution in [2.24, 2.45) is 0 Å². The van der Waals surface area contributed by atoms with Gasteiger partial charge in [0.05, 0.1) is 0 Å². The van der Waals surface area contributed by atoms with Gasteiger partial charge in [0.1, 0.15) is 12.4 Å². The lowest BCUT2D eigenvalue weighted by molar-refractivity contribution is 0.314. The van der Waals surface area contributed by atoms with Crippen molar-refractivity contribution in [3.63, 3.8) is 0 Å². The number of hydrogen-bond donors (Lipinski definition) is 1. The Kier molecular flexibility index (Phi) is 6.09. The van der Waals surface area contributed by atoms with Crippen LogP contribution in [-0.4, -0.2) is 19.7 Å². The van der Waals surface area contributed by atoms with Gasteiger partial charge >= 0.3 is 0 Å². The molecule has 0 saturated carbocycles. The largest absolute Gasteiger partial charge is 0.492 e. The zero-order chi connectivity index (χ0) is 14.2. The standard InChI is InChI=1S/C17H23NOS/c1-14(2)15-5-7-16(8-6-15)19-12-11-18-10-9-17-4-3-13-20-17/h3-8,13-14,18H,9-12H2,1-2H3. The van der Waals surface area contributed by atoms with Crippen molar-refractivity contribution in [2.45, 2.75) is 26.2 Å². The molecule has 0 aliphatic carbocycles. The van der Waals surface area contributed by atoms with Crippen molar-refractivity contribution in [1.29, 1.82) is 0 Å². The maximum Gasteiger partial charge on any atom is 0.119 e. The van der Waals surface area contributed by atoms with E-state index in [1.165, 1.54) is 10.4 Å². The third-order valence-corrected chi connectivity index (χ3v) is 4.16. The van der Waals surface area contributed by atoms with Gasteiger partial charge in [-0.25, -0.2) is 0 Å². The van der Waals surface area contributed by atoms with E-state index >= 15 is 0 Å². The molecule has 1 aromatic carbocycles. The summed E-state index contributed by atoms with van der Waals surface area (Å²) in [6.45, 7) is 7.01. The molecule has 1 heterocycles. The second-order valence-electron chi connectivity index (χ2n) is 5.15. The van der Waals surface area contributed by atoms with Crippen LogP contribution in [-0.2, 0) is 6.42 Å². The number of nitrogens with one attached hydrogen (secondary N) is 1. The predicted octanol–water partition coefficient (Wildman–Crippen LogP) is 4.08. The minimum absolute atomic E-state index is 0.572. The molecule has 0 radical (unpaired) electrons. The molecule has 3 heteroatoms. The van der Waals surface area contributed by atoms with E-state index in [9.17, 15) is 0 Å². The van der Waals surface area contributed by atoms with E-state index in [0.717, 1.165) is 25.3 Å². The normalized spacial score (nSPS) is 10.9. The lowest BCUT2D eigenvalue weighted by atomic mass is 10.0. The Morgan fingerprint density at radius 1 is 1.10 bits per heavy atom. The number of hydrogen-bond acceptors (Lipinski definition) is 3. The molecule has 108 valence electrons. The van der Waals surface area contributed by atoms with Gasteiger partial charge in [0.2, 0.25) is 0 Å². The Morgan fingerprint density at radius 2 is 1.90 bits per heavy atom. The summed E-state index contributed by atoms with van der Waals surface area (Å²) in [5.74, 6) is 1.53. The fourth-order valence-electron chi connectivity index (χ4n) is 1.98. The summed E-state index contributed by atoms with van der Waals surface area (Å²) in [6, 6.07) is 12.7. The van der Waals surface area contributed by atoms with E-state index < -0.39 is 0 Å². The third kappa shape index (κ3) is 4.99. The fraction of sp³-hybridized carbons (Fsp3) is 0.412. The van der Waals surface area contributed by atoms with E-state index in [1.54, 1.807) is 0 Å². The van der Waals surface area contributed by atoms with Crippen molar-refractivity contribution >= 4 is 11.3 Å². The molecule has 2 rings (SSSR count). The highest BCUT2D eigenvalue weighted by Crippen LogP contribution is 2.18. The summed E-state index contributed by atoms with van der Waals surface area (Å²) in [4.78, 5) is 1.43. The lowest BCUT2D eigenvalue weighted by Crippen LogP contribution is -2.23. The van der Waals surface area contributed by atoms with E-state index in [1.807, 2.05) is 11.3 Å². The lowest BCUT2D eigenvalue weighted by Gasteiger charge is -2.09. The first-order valence-electron chi connectivity index (χ1n) is 7.21. The molecule has 0 atom stereocenters. The van der Waals surface area contributed by atoms with Gasteiger partial charge in [0.15, 0.2) is 0 Å². The Morgan fingerprint density at radius 3 is 2.55 bits per heavy atom. The van der Waals surface area contributed by atoms with Gasteiger partial charge in [0.25, 0.3) is 0 Å². The van der Waals surface area contributed by atoms with Crippen molar-refractivity contribution < 1.29 is 4.74 Å². The van der Waals surface area contributed by atoms with Crippen LogP contribution in [0.2, 0.25) is 0 Å². The van der Waals surface area contributed by atoms with Gasteiger partial charge in [0, 0.05) is 18.0 Å². The van der Waals surface area contributed by atoms with Gasteiger partial charge in [-0.2, -0.15) is 0 Å². The molecule has 0 bridgehead atoms. The van der Waals surface area contributed by atoms with E-state index in [4.69, 9.17) is 4.74 Å². The molecule has 0 spiro atoms. The molecule has 1 N–H and O–H groups in total. The minimum atomic E-state index is 0.572. The zero-order valence-corrected chi connectivity index (χ0v) is 13.1. The van der Waals surface area contributed by atoms with Gasteiger partial charge < -0.3 is 10.1 Å². The van der Waals surface area contributed by atoms with Crippen LogP contribution in [0.1, 0.15) is 30.2 Å². The first kappa shape index (κ1) is 15.1. The smallest absolute Gasteiger partial charge is 0.119 e. The molecule has 0 saturated heterocycles. The Bertz CT molecular complexity index is 476. The van der Waals surface area contributed by atoms with Crippen molar-refractivity contribution in [3.8, 4) is 5.75 Å². The molecule has 2 aromatic rings. The summed E-state index contributed by atoms with van der Waals surface area (Å²) in [7, 11) is 0. The first-order valence-corrected chi connectivity index (χ1v) is 8.09. The van der Waals surface area contributed by atoms with Crippen LogP contribution in [0.5, 0.6) is 5.75 Å². The van der Waals surface area contributed by atoms with E-state index in [0.29, 0.717) is 12.5 Å². The SMILES string of the molecule is CC(C)c1ccc(OCCNCCc2cccs2)cc1. The average Bonchev–Trinajstić information content (AvgIpc) is 2.96. The molecular formula is C17H23NOS. The maximum atomic E-state index is 5.72. The van der Waals surface area contributed by atoms with Crippen LogP contribution in [0.15, 0.2) is 41.8 Å². The Balaban J connectivity index is 1.58. The minimum Gasteiger partial charge on any atom is -0.492 e.